The first kappa shape index (κ1) is 13.5. The third kappa shape index (κ3) is 4.07. The first-order valence-corrected chi connectivity index (χ1v) is 5.10. The molecule has 0 saturated heterocycles. The Labute approximate surface area is 96.3 Å². The number of aliphatic hydroxyl groups excluding tert-OH is 1. The van der Waals surface area contributed by atoms with Crippen LogP contribution in [0.4, 0.5) is 18.9 Å². The molecule has 1 aromatic rings. The van der Waals surface area contributed by atoms with Gasteiger partial charge >= 0.3 is 0 Å². The summed E-state index contributed by atoms with van der Waals surface area (Å²) in [5, 5.41) is 10.6. The number of amides is 1. The Morgan fingerprint density at radius 3 is 2.59 bits per heavy atom. The molecule has 1 amide bonds. The van der Waals surface area contributed by atoms with Crippen LogP contribution in [0.2, 0.25) is 0 Å². The van der Waals surface area contributed by atoms with Crippen molar-refractivity contribution in [1.82, 2.24) is 0 Å². The van der Waals surface area contributed by atoms with Gasteiger partial charge in [-0.25, -0.2) is 13.2 Å². The number of hydrogen-bond donors (Lipinski definition) is 2. The summed E-state index contributed by atoms with van der Waals surface area (Å²) in [7, 11) is 0. The van der Waals surface area contributed by atoms with Gasteiger partial charge in [0.05, 0.1) is 5.69 Å². The molecule has 94 valence electrons. The average Bonchev–Trinajstić information content (AvgIpc) is 2.25. The molecule has 2 N–H and O–H groups in total. The van der Waals surface area contributed by atoms with Crippen LogP contribution in [0.15, 0.2) is 12.1 Å². The summed E-state index contributed by atoms with van der Waals surface area (Å²) < 4.78 is 38.7. The van der Waals surface area contributed by atoms with Crippen molar-refractivity contribution >= 4 is 11.6 Å². The maximum absolute atomic E-state index is 13.1. The zero-order valence-electron chi connectivity index (χ0n) is 8.97. The number of carbonyl (C=O) groups is 1. The van der Waals surface area contributed by atoms with E-state index in [4.69, 9.17) is 5.11 Å². The van der Waals surface area contributed by atoms with Gasteiger partial charge in [0.15, 0.2) is 11.6 Å². The standard InChI is InChI=1S/C11H12F3NO2/c12-7-5-8(13)11(14)9(6-7)15-10(17)3-1-2-4-16/h5-6,16H,1-4H2,(H,15,17). The molecule has 0 unspecified atom stereocenters. The lowest BCUT2D eigenvalue weighted by atomic mass is 10.2. The average molecular weight is 247 g/mol. The summed E-state index contributed by atoms with van der Waals surface area (Å²) in [6, 6.07) is 1.11. The van der Waals surface area contributed by atoms with E-state index < -0.39 is 29.0 Å². The van der Waals surface area contributed by atoms with Crippen molar-refractivity contribution in [2.75, 3.05) is 11.9 Å². The number of aliphatic hydroxyl groups is 1. The molecule has 0 atom stereocenters. The maximum atomic E-state index is 13.1. The largest absolute Gasteiger partial charge is 0.396 e. The number of carbonyl (C=O) groups excluding carboxylic acids is 1. The van der Waals surface area contributed by atoms with Crippen LogP contribution in [0.5, 0.6) is 0 Å². The molecular weight excluding hydrogens is 235 g/mol. The molecule has 17 heavy (non-hydrogen) atoms. The van der Waals surface area contributed by atoms with Gasteiger partial charge in [-0.2, -0.15) is 0 Å². The van der Waals surface area contributed by atoms with Gasteiger partial charge in [-0.05, 0) is 12.8 Å². The lowest BCUT2D eigenvalue weighted by Gasteiger charge is -2.06. The molecule has 0 aliphatic rings. The number of anilines is 1. The minimum absolute atomic E-state index is 0.0454. The summed E-state index contributed by atoms with van der Waals surface area (Å²) in [4.78, 5) is 11.3. The second-order valence-corrected chi connectivity index (χ2v) is 3.48. The number of rotatable bonds is 5. The molecule has 0 aliphatic carbocycles. The Balaban J connectivity index is 2.65. The van der Waals surface area contributed by atoms with Crippen LogP contribution in [-0.2, 0) is 4.79 Å². The number of halogens is 3. The van der Waals surface area contributed by atoms with Gasteiger partial charge in [0, 0.05) is 25.2 Å². The molecule has 0 spiro atoms. The molecular formula is C11H12F3NO2. The minimum Gasteiger partial charge on any atom is -0.396 e. The predicted molar refractivity (Wildman–Crippen MR) is 55.9 cm³/mol. The lowest BCUT2D eigenvalue weighted by Crippen LogP contribution is -2.13. The van der Waals surface area contributed by atoms with Gasteiger partial charge in [-0.3, -0.25) is 4.79 Å². The zero-order chi connectivity index (χ0) is 12.8. The zero-order valence-corrected chi connectivity index (χ0v) is 8.97. The second-order valence-electron chi connectivity index (χ2n) is 3.48. The van der Waals surface area contributed by atoms with Gasteiger partial charge in [0.25, 0.3) is 0 Å². The Kier molecular flexibility index (Phi) is 4.96. The molecule has 1 aromatic carbocycles. The molecule has 0 aliphatic heterocycles. The van der Waals surface area contributed by atoms with E-state index in [9.17, 15) is 18.0 Å². The highest BCUT2D eigenvalue weighted by molar-refractivity contribution is 5.90. The van der Waals surface area contributed by atoms with Gasteiger partial charge in [-0.15, -0.1) is 0 Å². The number of benzene rings is 1. The van der Waals surface area contributed by atoms with Gasteiger partial charge in [0.2, 0.25) is 5.91 Å². The fourth-order valence-corrected chi connectivity index (χ4v) is 1.26. The second kappa shape index (κ2) is 6.24. The van der Waals surface area contributed by atoms with E-state index in [0.29, 0.717) is 25.0 Å². The van der Waals surface area contributed by atoms with Crippen LogP contribution in [0.3, 0.4) is 0 Å². The third-order valence-electron chi connectivity index (χ3n) is 2.08. The summed E-state index contributed by atoms with van der Waals surface area (Å²) in [6.45, 7) is -0.0454. The van der Waals surface area contributed by atoms with Gasteiger partial charge < -0.3 is 10.4 Å². The summed E-state index contributed by atoms with van der Waals surface area (Å²) in [5.74, 6) is -4.16. The molecule has 1 rings (SSSR count). The Bertz CT molecular complexity index is 410. The van der Waals surface area contributed by atoms with Crippen molar-refractivity contribution < 1.29 is 23.1 Å². The molecule has 0 aromatic heterocycles. The minimum atomic E-state index is -1.35. The van der Waals surface area contributed by atoms with Gasteiger partial charge in [-0.1, -0.05) is 0 Å². The normalized spacial score (nSPS) is 10.4. The highest BCUT2D eigenvalue weighted by atomic mass is 19.2. The van der Waals surface area contributed by atoms with Crippen LogP contribution in [0.25, 0.3) is 0 Å². The van der Waals surface area contributed by atoms with E-state index in [-0.39, 0.29) is 13.0 Å². The Morgan fingerprint density at radius 2 is 1.94 bits per heavy atom. The van der Waals surface area contributed by atoms with Gasteiger partial charge in [0.1, 0.15) is 5.82 Å². The highest BCUT2D eigenvalue weighted by Crippen LogP contribution is 2.19. The van der Waals surface area contributed by atoms with E-state index in [0.717, 1.165) is 0 Å². The Morgan fingerprint density at radius 1 is 1.24 bits per heavy atom. The van der Waals surface area contributed by atoms with Crippen LogP contribution in [0, 0.1) is 17.5 Å². The monoisotopic (exact) mass is 247 g/mol. The van der Waals surface area contributed by atoms with Crippen LogP contribution in [0.1, 0.15) is 19.3 Å². The van der Waals surface area contributed by atoms with E-state index >= 15 is 0 Å². The van der Waals surface area contributed by atoms with Crippen molar-refractivity contribution in [3.63, 3.8) is 0 Å². The maximum Gasteiger partial charge on any atom is 0.224 e. The van der Waals surface area contributed by atoms with Crippen molar-refractivity contribution in [3.8, 4) is 0 Å². The predicted octanol–water partition coefficient (Wildman–Crippen LogP) is 2.21. The first-order chi connectivity index (χ1) is 8.04. The summed E-state index contributed by atoms with van der Waals surface area (Å²) >= 11 is 0. The molecule has 0 saturated carbocycles. The quantitative estimate of drug-likeness (QED) is 0.619. The molecule has 0 bridgehead atoms. The summed E-state index contributed by atoms with van der Waals surface area (Å²) in [6.07, 6.45) is 0.910. The first-order valence-electron chi connectivity index (χ1n) is 5.10. The fraction of sp³-hybridized carbons (Fsp3) is 0.364. The Hall–Kier alpha value is -1.56. The molecule has 6 heteroatoms. The lowest BCUT2D eigenvalue weighted by molar-refractivity contribution is -0.116. The van der Waals surface area contributed by atoms with Crippen LogP contribution >= 0.6 is 0 Å². The smallest absolute Gasteiger partial charge is 0.224 e. The van der Waals surface area contributed by atoms with Crippen molar-refractivity contribution in [2.45, 2.75) is 19.3 Å². The van der Waals surface area contributed by atoms with E-state index in [1.54, 1.807) is 0 Å². The fourth-order valence-electron chi connectivity index (χ4n) is 1.26. The van der Waals surface area contributed by atoms with Crippen molar-refractivity contribution in [2.24, 2.45) is 0 Å². The van der Waals surface area contributed by atoms with Crippen LogP contribution < -0.4 is 5.32 Å². The van der Waals surface area contributed by atoms with Crippen molar-refractivity contribution in [1.29, 1.82) is 0 Å². The molecule has 0 heterocycles. The van der Waals surface area contributed by atoms with Crippen LogP contribution in [-0.4, -0.2) is 17.6 Å². The van der Waals surface area contributed by atoms with Crippen molar-refractivity contribution in [3.05, 3.63) is 29.6 Å². The molecule has 0 fully saturated rings. The summed E-state index contributed by atoms with van der Waals surface area (Å²) in [5.41, 5.74) is -0.517. The topological polar surface area (TPSA) is 49.3 Å². The number of hydrogen-bond acceptors (Lipinski definition) is 2. The third-order valence-corrected chi connectivity index (χ3v) is 2.08. The molecule has 3 nitrogen and oxygen atoms in total. The SMILES string of the molecule is O=C(CCCCO)Nc1cc(F)cc(F)c1F. The van der Waals surface area contributed by atoms with E-state index in [2.05, 4.69) is 5.32 Å². The van der Waals surface area contributed by atoms with E-state index in [1.807, 2.05) is 0 Å². The number of nitrogens with one attached hydrogen (secondary N) is 1. The number of unbranched alkanes of at least 4 members (excludes halogenated alkanes) is 1. The highest BCUT2D eigenvalue weighted by Gasteiger charge is 2.13. The van der Waals surface area contributed by atoms with E-state index in [1.165, 1.54) is 0 Å². The molecule has 0 radical (unpaired) electrons.